The Morgan fingerprint density at radius 3 is 2.64 bits per heavy atom. The van der Waals surface area contributed by atoms with Gasteiger partial charge in [0.1, 0.15) is 4.90 Å². The number of ether oxygens (including phenoxy) is 1. The summed E-state index contributed by atoms with van der Waals surface area (Å²) in [5.41, 5.74) is 1.26. The summed E-state index contributed by atoms with van der Waals surface area (Å²) in [6.07, 6.45) is -0.332. The molecule has 10 heteroatoms. The number of hydrogen-bond donors (Lipinski definition) is 2. The Kier molecular flexibility index (Phi) is 4.57. The molecule has 0 saturated carbocycles. The fourth-order valence-electron chi connectivity index (χ4n) is 2.95. The fourth-order valence-corrected chi connectivity index (χ4v) is 4.12. The van der Waals surface area contributed by atoms with E-state index in [1.165, 1.54) is 10.7 Å². The maximum atomic E-state index is 12.5. The van der Waals surface area contributed by atoms with Gasteiger partial charge in [-0.1, -0.05) is 42.5 Å². The molecule has 1 amide bonds. The van der Waals surface area contributed by atoms with Gasteiger partial charge < -0.3 is 10.1 Å². The number of benzene rings is 2. The van der Waals surface area contributed by atoms with Crippen LogP contribution in [0.15, 0.2) is 59.5 Å². The third-order valence-corrected chi connectivity index (χ3v) is 5.70. The molecular formula is C18H17N5O4S. The van der Waals surface area contributed by atoms with Crippen LogP contribution in [-0.4, -0.2) is 42.7 Å². The van der Waals surface area contributed by atoms with Gasteiger partial charge in [-0.25, -0.2) is 13.1 Å². The van der Waals surface area contributed by atoms with Crippen molar-refractivity contribution in [1.29, 1.82) is 0 Å². The van der Waals surface area contributed by atoms with Crippen LogP contribution in [-0.2, 0) is 14.8 Å². The summed E-state index contributed by atoms with van der Waals surface area (Å²) < 4.78 is 33.7. The molecule has 2 aromatic carbocycles. The van der Waals surface area contributed by atoms with Crippen molar-refractivity contribution >= 4 is 21.9 Å². The normalized spacial score (nSPS) is 15.0. The Bertz CT molecular complexity index is 1130. The summed E-state index contributed by atoms with van der Waals surface area (Å²) >= 11 is 0. The van der Waals surface area contributed by atoms with Crippen LogP contribution in [0.1, 0.15) is 22.3 Å². The van der Waals surface area contributed by atoms with E-state index in [0.29, 0.717) is 5.69 Å². The summed E-state index contributed by atoms with van der Waals surface area (Å²) in [6.45, 7) is 0.214. The summed E-state index contributed by atoms with van der Waals surface area (Å²) in [5, 5.41) is 6.88. The number of anilines is 1. The van der Waals surface area contributed by atoms with Gasteiger partial charge >= 0.3 is 0 Å². The number of rotatable bonds is 5. The largest absolute Gasteiger partial charge is 0.375 e. The second-order valence-corrected chi connectivity index (χ2v) is 7.74. The number of para-hydroxylation sites is 1. The number of aromatic nitrogens is 3. The second kappa shape index (κ2) is 7.06. The molecule has 1 atom stereocenters. The first-order valence-corrected chi connectivity index (χ1v) is 9.93. The van der Waals surface area contributed by atoms with Crippen LogP contribution in [0.4, 0.5) is 5.95 Å². The fraction of sp³-hybridized carbons (Fsp3) is 0.167. The van der Waals surface area contributed by atoms with Gasteiger partial charge in [-0.15, -0.1) is 5.10 Å². The van der Waals surface area contributed by atoms with Crippen molar-refractivity contribution in [2.24, 2.45) is 0 Å². The molecule has 28 heavy (non-hydrogen) atoms. The monoisotopic (exact) mass is 399 g/mol. The van der Waals surface area contributed by atoms with Gasteiger partial charge in [0.05, 0.1) is 11.8 Å². The van der Waals surface area contributed by atoms with E-state index in [-0.39, 0.29) is 29.3 Å². The molecule has 0 fully saturated rings. The lowest BCUT2D eigenvalue weighted by Crippen LogP contribution is -2.30. The Hall–Kier alpha value is -3.24. The van der Waals surface area contributed by atoms with E-state index < -0.39 is 15.9 Å². The maximum Gasteiger partial charge on any atom is 0.291 e. The molecular weight excluding hydrogens is 382 g/mol. The lowest BCUT2D eigenvalue weighted by molar-refractivity contribution is 0.0820. The Morgan fingerprint density at radius 2 is 1.89 bits per heavy atom. The summed E-state index contributed by atoms with van der Waals surface area (Å²) in [7, 11) is -2.20. The van der Waals surface area contributed by atoms with E-state index in [1.54, 1.807) is 25.3 Å². The minimum Gasteiger partial charge on any atom is -0.375 e. The zero-order valence-corrected chi connectivity index (χ0v) is 15.7. The molecule has 2 heterocycles. The molecule has 0 radical (unpaired) electrons. The van der Waals surface area contributed by atoms with Gasteiger partial charge in [0, 0.05) is 13.7 Å². The number of carbonyl (C=O) groups is 1. The summed E-state index contributed by atoms with van der Waals surface area (Å²) in [4.78, 5) is 16.6. The molecule has 0 aliphatic carbocycles. The average Bonchev–Trinajstić information content (AvgIpc) is 3.12. The highest BCUT2D eigenvalue weighted by Crippen LogP contribution is 2.29. The smallest absolute Gasteiger partial charge is 0.291 e. The topological polar surface area (TPSA) is 115 Å². The molecule has 9 nitrogen and oxygen atoms in total. The first kappa shape index (κ1) is 18.1. The van der Waals surface area contributed by atoms with Crippen LogP contribution in [0, 0.1) is 0 Å². The van der Waals surface area contributed by atoms with Gasteiger partial charge in [0.2, 0.25) is 11.8 Å². The minimum atomic E-state index is -3.76. The Balaban J connectivity index is 1.56. The van der Waals surface area contributed by atoms with Gasteiger partial charge in [-0.3, -0.25) is 4.79 Å². The Labute approximate surface area is 161 Å². The predicted octanol–water partition coefficient (Wildman–Crippen LogP) is 1.50. The van der Waals surface area contributed by atoms with Crippen molar-refractivity contribution in [3.8, 4) is 5.69 Å². The lowest BCUT2D eigenvalue weighted by atomic mass is 10.1. The number of carbonyl (C=O) groups excluding carboxylic acids is 1. The predicted molar refractivity (Wildman–Crippen MR) is 101 cm³/mol. The third kappa shape index (κ3) is 3.23. The number of fused-ring (bicyclic) bond motifs is 3. The first-order valence-electron chi connectivity index (χ1n) is 8.45. The van der Waals surface area contributed by atoms with Crippen molar-refractivity contribution in [3.63, 3.8) is 0 Å². The number of nitrogens with zero attached hydrogens (tertiary/aromatic N) is 3. The molecule has 2 N–H and O–H groups in total. The highest BCUT2D eigenvalue weighted by molar-refractivity contribution is 7.92. The third-order valence-electron chi connectivity index (χ3n) is 4.32. The lowest BCUT2D eigenvalue weighted by Gasteiger charge is -2.17. The van der Waals surface area contributed by atoms with Gasteiger partial charge in [0.15, 0.2) is 0 Å². The van der Waals surface area contributed by atoms with E-state index in [4.69, 9.17) is 4.74 Å². The molecule has 1 aromatic heterocycles. The van der Waals surface area contributed by atoms with Gasteiger partial charge in [0.25, 0.3) is 15.9 Å². The van der Waals surface area contributed by atoms with Crippen LogP contribution >= 0.6 is 0 Å². The van der Waals surface area contributed by atoms with E-state index in [1.807, 2.05) is 30.3 Å². The summed E-state index contributed by atoms with van der Waals surface area (Å²) in [6, 6.07) is 15.8. The van der Waals surface area contributed by atoms with Crippen molar-refractivity contribution < 1.29 is 17.9 Å². The van der Waals surface area contributed by atoms with E-state index in [9.17, 15) is 13.2 Å². The van der Waals surface area contributed by atoms with Crippen molar-refractivity contribution in [1.82, 2.24) is 20.1 Å². The molecule has 3 aromatic rings. The van der Waals surface area contributed by atoms with E-state index in [2.05, 4.69) is 20.1 Å². The molecule has 0 spiro atoms. The molecule has 0 bridgehead atoms. The number of methoxy groups -OCH3 is 1. The molecule has 0 unspecified atom stereocenters. The zero-order chi connectivity index (χ0) is 19.7. The Morgan fingerprint density at radius 1 is 1.18 bits per heavy atom. The van der Waals surface area contributed by atoms with Crippen LogP contribution in [0.25, 0.3) is 5.69 Å². The van der Waals surface area contributed by atoms with Crippen LogP contribution < -0.4 is 10.0 Å². The van der Waals surface area contributed by atoms with E-state index in [0.717, 1.165) is 5.56 Å². The number of hydrogen-bond acceptors (Lipinski definition) is 6. The maximum absolute atomic E-state index is 12.5. The summed E-state index contributed by atoms with van der Waals surface area (Å²) in [5.74, 6) is -0.705. The van der Waals surface area contributed by atoms with Crippen LogP contribution in [0.2, 0.25) is 0 Å². The zero-order valence-electron chi connectivity index (χ0n) is 14.9. The van der Waals surface area contributed by atoms with Gasteiger partial charge in [-0.05, 0) is 17.7 Å². The highest BCUT2D eigenvalue weighted by atomic mass is 32.2. The number of amides is 1. The van der Waals surface area contributed by atoms with E-state index >= 15 is 0 Å². The molecule has 144 valence electrons. The van der Waals surface area contributed by atoms with Crippen molar-refractivity contribution in [2.75, 3.05) is 18.4 Å². The highest BCUT2D eigenvalue weighted by Gasteiger charge is 2.31. The standard InChI is InChI=1S/C18H17N5O4S/c1-27-14(12-7-3-2-4-8-12)11-19-17(24)16-20-18-22-28(25,26)15-10-6-5-9-13(15)23(18)21-16/h2-10,14H,11H2,1H3,(H,19,24)(H,20,21,22)/t14-/m1/s1. The number of sulfonamides is 1. The van der Waals surface area contributed by atoms with Crippen molar-refractivity contribution in [2.45, 2.75) is 11.0 Å². The quantitative estimate of drug-likeness (QED) is 0.672. The number of nitrogens with one attached hydrogen (secondary N) is 2. The first-order chi connectivity index (χ1) is 13.5. The SMILES string of the molecule is CO[C@H](CNC(=O)c1nc2n(n1)-c1ccccc1S(=O)(=O)N2)c1ccccc1. The molecule has 4 rings (SSSR count). The van der Waals surface area contributed by atoms with Gasteiger partial charge in [-0.2, -0.15) is 9.67 Å². The average molecular weight is 399 g/mol. The molecule has 1 aliphatic heterocycles. The molecule has 0 saturated heterocycles. The molecule has 1 aliphatic rings. The van der Waals surface area contributed by atoms with Crippen LogP contribution in [0.3, 0.4) is 0 Å². The second-order valence-electron chi connectivity index (χ2n) is 6.09. The van der Waals surface area contributed by atoms with Crippen LogP contribution in [0.5, 0.6) is 0 Å². The minimum absolute atomic E-state index is 0.0322. The van der Waals surface area contributed by atoms with Crippen molar-refractivity contribution in [3.05, 3.63) is 66.0 Å².